The first kappa shape index (κ1) is 37.1. The van der Waals surface area contributed by atoms with Gasteiger partial charge in [-0.1, -0.05) is 52.4 Å². The zero-order valence-electron chi connectivity index (χ0n) is 19.7. The summed E-state index contributed by atoms with van der Waals surface area (Å²) in [6.07, 6.45) is 13.0. The number of aliphatic carboxylic acids is 2. The minimum absolute atomic E-state index is 0. The van der Waals surface area contributed by atoms with Gasteiger partial charge in [-0.2, -0.15) is 8.42 Å². The summed E-state index contributed by atoms with van der Waals surface area (Å²) >= 11 is 1.40. The van der Waals surface area contributed by atoms with Crippen LogP contribution in [0.1, 0.15) is 98.3 Å². The van der Waals surface area contributed by atoms with Crippen LogP contribution in [0.2, 0.25) is 3.67 Å². The Morgan fingerprint density at radius 2 is 1.30 bits per heavy atom. The Morgan fingerprint density at radius 1 is 0.867 bits per heavy atom. The molecule has 0 bridgehead atoms. The van der Waals surface area contributed by atoms with E-state index in [0.717, 1.165) is 5.92 Å². The molecule has 0 aromatic rings. The average molecular weight is 466 g/mol. The number of rotatable bonds is 14. The number of carboxylic acids is 2. The minimum Gasteiger partial charge on any atom is -0.481 e. The molecule has 178 valence electrons. The third-order valence-corrected chi connectivity index (χ3v) is 6.81. The van der Waals surface area contributed by atoms with Gasteiger partial charge in [0.2, 0.25) is 0 Å². The van der Waals surface area contributed by atoms with Crippen LogP contribution in [0.25, 0.3) is 0 Å². The van der Waals surface area contributed by atoms with E-state index in [2.05, 4.69) is 27.7 Å². The molecule has 0 heterocycles. The van der Waals surface area contributed by atoms with Crippen molar-refractivity contribution in [3.63, 3.8) is 0 Å². The van der Waals surface area contributed by atoms with E-state index in [1.165, 1.54) is 95.8 Å². The van der Waals surface area contributed by atoms with E-state index in [1.807, 2.05) is 0 Å². The molecule has 2 atom stereocenters. The average Bonchev–Trinajstić information content (AvgIpc) is 2.64. The van der Waals surface area contributed by atoms with Crippen molar-refractivity contribution in [2.24, 2.45) is 5.92 Å². The normalized spacial score (nSPS) is 12.2. The van der Waals surface area contributed by atoms with Gasteiger partial charge in [0.05, 0.1) is 6.42 Å². The summed E-state index contributed by atoms with van der Waals surface area (Å²) < 4.78 is 30.2. The number of hydrogen-bond acceptors (Lipinski definition) is 5. The van der Waals surface area contributed by atoms with Gasteiger partial charge < -0.3 is 16.4 Å². The molecule has 6 N–H and O–H groups in total. The second kappa shape index (κ2) is 25.1. The number of carbonyl (C=O) groups is 2. The molecule has 0 saturated carbocycles. The zero-order valence-corrected chi connectivity index (χ0v) is 22.5. The Bertz CT molecular complexity index is 491. The summed E-state index contributed by atoms with van der Waals surface area (Å²) in [5.74, 6) is -2.43. The summed E-state index contributed by atoms with van der Waals surface area (Å²) in [4.78, 5) is 20.0. The molecule has 0 saturated heterocycles. The van der Waals surface area contributed by atoms with Crippen molar-refractivity contribution in [3.05, 3.63) is 0 Å². The second-order valence-corrected chi connectivity index (χ2v) is 9.59. The second-order valence-electron chi connectivity index (χ2n) is 7.18. The van der Waals surface area contributed by atoms with E-state index in [9.17, 15) is 18.0 Å². The van der Waals surface area contributed by atoms with Gasteiger partial charge in [0.25, 0.3) is 10.1 Å². The summed E-state index contributed by atoms with van der Waals surface area (Å²) in [6.45, 7) is 9.11. The van der Waals surface area contributed by atoms with Crippen LogP contribution in [0.5, 0.6) is 0 Å². The molecule has 10 heteroatoms. The SMILES string of the molecule is CCCCC(CC)[CH2][Na].CCCCCCCC.N.O=C(O)CC(C(=O)O)S(=O)(=O)O. The number of carboxylic acid groups (broad SMARTS) is 2. The van der Waals surface area contributed by atoms with E-state index >= 15 is 0 Å². The molecule has 0 aromatic carbocycles. The van der Waals surface area contributed by atoms with Crippen LogP contribution in [0.3, 0.4) is 0 Å². The van der Waals surface area contributed by atoms with Gasteiger partial charge in [-0.25, -0.2) is 0 Å². The van der Waals surface area contributed by atoms with Crippen molar-refractivity contribution in [2.75, 3.05) is 0 Å². The largest absolute Gasteiger partial charge is 0.481 e. The zero-order chi connectivity index (χ0) is 23.3. The van der Waals surface area contributed by atoms with Gasteiger partial charge in [-0.3, -0.25) is 14.1 Å². The maximum Gasteiger partial charge on any atom is 0.325 e. The summed E-state index contributed by atoms with van der Waals surface area (Å²) in [7, 11) is -4.84. The van der Waals surface area contributed by atoms with E-state index in [1.54, 1.807) is 0 Å². The number of unbranched alkanes of at least 4 members (excludes halogenated alkanes) is 6. The van der Waals surface area contributed by atoms with Gasteiger partial charge in [0, 0.05) is 0 Å². The molecule has 0 fully saturated rings. The molecule has 0 spiro atoms. The Kier molecular flexibility index (Phi) is 31.0. The van der Waals surface area contributed by atoms with E-state index in [0.29, 0.717) is 0 Å². The van der Waals surface area contributed by atoms with Crippen LogP contribution in [0.15, 0.2) is 0 Å². The van der Waals surface area contributed by atoms with Crippen LogP contribution in [0.4, 0.5) is 0 Å². The van der Waals surface area contributed by atoms with Gasteiger partial charge >= 0.3 is 89.0 Å². The van der Waals surface area contributed by atoms with E-state index in [-0.39, 0.29) is 6.15 Å². The van der Waals surface area contributed by atoms with Crippen molar-refractivity contribution in [3.8, 4) is 0 Å². The van der Waals surface area contributed by atoms with Crippen LogP contribution in [0, 0.1) is 5.92 Å². The molecule has 2 unspecified atom stereocenters. The summed E-state index contributed by atoms with van der Waals surface area (Å²) in [6, 6.07) is 0. The predicted molar refractivity (Wildman–Crippen MR) is 123 cm³/mol. The van der Waals surface area contributed by atoms with Gasteiger partial charge in [-0.05, 0) is 0 Å². The first-order valence-electron chi connectivity index (χ1n) is 10.9. The fourth-order valence-electron chi connectivity index (χ4n) is 2.52. The molecule has 0 rings (SSSR count). The molecule has 8 nitrogen and oxygen atoms in total. The van der Waals surface area contributed by atoms with Crippen LogP contribution in [-0.4, -0.2) is 68.3 Å². The molecular formula is C20H44NNaO7S. The standard InChI is InChI=1S/C8H17.C8H18.C4H6O7S.H3N.Na/c1-4-6-7-8(3)5-2;1-3-5-7-8-6-4-2;5-3(6)1-2(4(7)8)12(9,10)11;;/h8H,3-7H2,1-2H3;3-8H2,1-2H3;2H,1H2,(H,5,6)(H,7,8)(H,9,10,11);1H3;. The quantitative estimate of drug-likeness (QED) is 0.156. The first-order valence-corrected chi connectivity index (χ1v) is 13.8. The van der Waals surface area contributed by atoms with Crippen LogP contribution in [-0.2, 0) is 19.7 Å². The maximum atomic E-state index is 10.2. The Balaban J connectivity index is -0.000000170. The van der Waals surface area contributed by atoms with Crippen LogP contribution >= 0.6 is 0 Å². The maximum absolute atomic E-state index is 10.2. The van der Waals surface area contributed by atoms with E-state index in [4.69, 9.17) is 14.8 Å². The Hall–Kier alpha value is -0.190. The van der Waals surface area contributed by atoms with Gasteiger partial charge in [-0.15, -0.1) is 0 Å². The van der Waals surface area contributed by atoms with Crippen molar-refractivity contribution in [1.82, 2.24) is 6.15 Å². The topological polar surface area (TPSA) is 164 Å². The van der Waals surface area contributed by atoms with Crippen molar-refractivity contribution < 1.29 is 32.8 Å². The predicted octanol–water partition coefficient (Wildman–Crippen LogP) is 5.12. The monoisotopic (exact) mass is 465 g/mol. The fraction of sp³-hybridized carbons (Fsp3) is 0.900. The minimum atomic E-state index is -4.84. The Morgan fingerprint density at radius 3 is 1.50 bits per heavy atom. The summed E-state index contributed by atoms with van der Waals surface area (Å²) in [5, 5.41) is 13.9. The van der Waals surface area contributed by atoms with Gasteiger partial charge in [0.1, 0.15) is 0 Å². The molecule has 0 aromatic heterocycles. The summed E-state index contributed by atoms with van der Waals surface area (Å²) in [5.41, 5.74) is 0. The molecule has 0 radical (unpaired) electrons. The molecule has 0 aliphatic heterocycles. The van der Waals surface area contributed by atoms with E-state index < -0.39 is 33.7 Å². The van der Waals surface area contributed by atoms with Crippen molar-refractivity contribution in [1.29, 1.82) is 0 Å². The third-order valence-electron chi connectivity index (χ3n) is 4.57. The van der Waals surface area contributed by atoms with Crippen molar-refractivity contribution >= 4 is 50.0 Å². The third kappa shape index (κ3) is 27.8. The molecule has 0 aliphatic rings. The van der Waals surface area contributed by atoms with Crippen molar-refractivity contribution in [2.45, 2.75) is 107 Å². The molecule has 0 aliphatic carbocycles. The molecule has 30 heavy (non-hydrogen) atoms. The first-order chi connectivity index (χ1) is 13.5. The number of hydrogen-bond donors (Lipinski definition) is 4. The van der Waals surface area contributed by atoms with Gasteiger partial charge in [0.15, 0.2) is 5.25 Å². The van der Waals surface area contributed by atoms with Crippen LogP contribution < -0.4 is 6.15 Å². The molecule has 0 amide bonds. The fourth-order valence-corrected chi connectivity index (χ4v) is 4.12. The Labute approximate surface area is 201 Å². The smallest absolute Gasteiger partial charge is 0.325 e. The molecular weight excluding hydrogens is 421 g/mol.